The van der Waals surface area contributed by atoms with Gasteiger partial charge in [0.05, 0.1) is 16.4 Å². The third-order valence-corrected chi connectivity index (χ3v) is 5.10. The third kappa shape index (κ3) is 2.62. The number of aryl methyl sites for hydroxylation is 3. The highest BCUT2D eigenvalue weighted by Gasteiger charge is 2.20. The number of fused-ring (bicyclic) bond motifs is 1. The van der Waals surface area contributed by atoms with Crippen molar-refractivity contribution in [2.75, 3.05) is 5.32 Å². The quantitative estimate of drug-likeness (QED) is 0.612. The molecule has 4 rings (SSSR count). The highest BCUT2D eigenvalue weighted by molar-refractivity contribution is 7.22. The Hall–Kier alpha value is -2.93. The SMILES string of the molecule is Cc1ccc(C)n1-c1c(C(=O)Nc2nc3ccccc3s2)cnn1C. The maximum Gasteiger partial charge on any atom is 0.262 e. The average Bonchev–Trinajstić information content (AvgIpc) is 3.25. The van der Waals surface area contributed by atoms with Crippen molar-refractivity contribution in [1.82, 2.24) is 19.3 Å². The van der Waals surface area contributed by atoms with Crippen molar-refractivity contribution in [1.29, 1.82) is 0 Å². The number of para-hydroxylation sites is 1. The third-order valence-electron chi connectivity index (χ3n) is 4.15. The lowest BCUT2D eigenvalue weighted by Gasteiger charge is -2.12. The van der Waals surface area contributed by atoms with Gasteiger partial charge in [0.2, 0.25) is 0 Å². The fraction of sp³-hybridized carbons (Fsp3) is 0.167. The first-order chi connectivity index (χ1) is 12.0. The van der Waals surface area contributed by atoms with Crippen LogP contribution in [-0.4, -0.2) is 25.2 Å². The van der Waals surface area contributed by atoms with E-state index in [1.54, 1.807) is 10.9 Å². The Morgan fingerprint density at radius 3 is 2.56 bits per heavy atom. The number of amides is 1. The Bertz CT molecular complexity index is 1040. The summed E-state index contributed by atoms with van der Waals surface area (Å²) in [5.41, 5.74) is 3.50. The second kappa shape index (κ2) is 5.86. The van der Waals surface area contributed by atoms with Crippen LogP contribution in [0.5, 0.6) is 0 Å². The monoisotopic (exact) mass is 351 g/mol. The molecule has 0 aliphatic heterocycles. The molecular formula is C18H17N5OS. The van der Waals surface area contributed by atoms with Gasteiger partial charge in [0.1, 0.15) is 11.4 Å². The van der Waals surface area contributed by atoms with Crippen LogP contribution < -0.4 is 5.32 Å². The maximum atomic E-state index is 12.8. The summed E-state index contributed by atoms with van der Waals surface area (Å²) in [6, 6.07) is 11.9. The number of hydrogen-bond donors (Lipinski definition) is 1. The summed E-state index contributed by atoms with van der Waals surface area (Å²) in [5, 5.41) is 7.77. The molecule has 0 unspecified atom stereocenters. The molecule has 25 heavy (non-hydrogen) atoms. The van der Waals surface area contributed by atoms with E-state index in [9.17, 15) is 4.79 Å². The average molecular weight is 351 g/mol. The topological polar surface area (TPSA) is 64.7 Å². The van der Waals surface area contributed by atoms with Gasteiger partial charge in [-0.15, -0.1) is 0 Å². The van der Waals surface area contributed by atoms with E-state index < -0.39 is 0 Å². The van der Waals surface area contributed by atoms with Crippen LogP contribution in [0, 0.1) is 13.8 Å². The van der Waals surface area contributed by atoms with Crippen LogP contribution >= 0.6 is 11.3 Å². The molecule has 6 nitrogen and oxygen atoms in total. The second-order valence-electron chi connectivity index (χ2n) is 5.90. The Balaban J connectivity index is 1.72. The Kier molecular flexibility index (Phi) is 3.65. The number of carbonyl (C=O) groups is 1. The summed E-state index contributed by atoms with van der Waals surface area (Å²) < 4.78 is 4.79. The summed E-state index contributed by atoms with van der Waals surface area (Å²) >= 11 is 1.46. The second-order valence-corrected chi connectivity index (χ2v) is 6.93. The fourth-order valence-electron chi connectivity index (χ4n) is 2.95. The van der Waals surface area contributed by atoms with Gasteiger partial charge in [-0.2, -0.15) is 5.10 Å². The van der Waals surface area contributed by atoms with Crippen LogP contribution in [-0.2, 0) is 7.05 Å². The van der Waals surface area contributed by atoms with Gasteiger partial charge >= 0.3 is 0 Å². The predicted molar refractivity (Wildman–Crippen MR) is 99.6 cm³/mol. The van der Waals surface area contributed by atoms with E-state index in [1.807, 2.05) is 61.9 Å². The van der Waals surface area contributed by atoms with Gasteiger partial charge in [-0.3, -0.25) is 14.8 Å². The van der Waals surface area contributed by atoms with Crippen molar-refractivity contribution in [2.24, 2.45) is 7.05 Å². The molecule has 0 radical (unpaired) electrons. The lowest BCUT2D eigenvalue weighted by atomic mass is 10.3. The van der Waals surface area contributed by atoms with Gasteiger partial charge in [-0.05, 0) is 38.1 Å². The number of rotatable bonds is 3. The normalized spacial score (nSPS) is 11.2. The first-order valence-corrected chi connectivity index (χ1v) is 8.70. The smallest absolute Gasteiger partial charge is 0.262 e. The Labute approximate surface area is 148 Å². The number of nitrogens with one attached hydrogen (secondary N) is 1. The number of thiazole rings is 1. The molecular weight excluding hydrogens is 334 g/mol. The molecule has 0 saturated carbocycles. The molecule has 4 aromatic rings. The molecule has 3 heterocycles. The summed E-state index contributed by atoms with van der Waals surface area (Å²) in [4.78, 5) is 17.3. The van der Waals surface area contributed by atoms with Crippen molar-refractivity contribution < 1.29 is 4.79 Å². The molecule has 0 aliphatic carbocycles. The number of anilines is 1. The molecule has 0 atom stereocenters. The van der Waals surface area contributed by atoms with Gasteiger partial charge in [-0.25, -0.2) is 4.98 Å². The highest BCUT2D eigenvalue weighted by Crippen LogP contribution is 2.27. The largest absolute Gasteiger partial charge is 0.303 e. The van der Waals surface area contributed by atoms with Crippen LogP contribution in [0.4, 0.5) is 5.13 Å². The lowest BCUT2D eigenvalue weighted by molar-refractivity contribution is 0.102. The molecule has 1 aromatic carbocycles. The maximum absolute atomic E-state index is 12.8. The van der Waals surface area contributed by atoms with Crippen LogP contribution in [0.2, 0.25) is 0 Å². The molecule has 126 valence electrons. The van der Waals surface area contributed by atoms with Crippen LogP contribution in [0.3, 0.4) is 0 Å². The van der Waals surface area contributed by atoms with Crippen molar-refractivity contribution in [3.8, 4) is 5.82 Å². The number of carbonyl (C=O) groups excluding carboxylic acids is 1. The zero-order chi connectivity index (χ0) is 17.6. The minimum atomic E-state index is -0.213. The zero-order valence-corrected chi connectivity index (χ0v) is 15.0. The molecule has 0 saturated heterocycles. The van der Waals surface area contributed by atoms with Gasteiger partial charge in [0.15, 0.2) is 5.13 Å². The summed E-state index contributed by atoms with van der Waals surface area (Å²) in [7, 11) is 1.84. The number of nitrogens with zero attached hydrogens (tertiary/aromatic N) is 4. The molecule has 0 spiro atoms. The van der Waals surface area contributed by atoms with E-state index in [4.69, 9.17) is 0 Å². The van der Waals surface area contributed by atoms with Crippen LogP contribution in [0.1, 0.15) is 21.7 Å². The first kappa shape index (κ1) is 15.6. The van der Waals surface area contributed by atoms with Gasteiger partial charge in [0, 0.05) is 18.4 Å². The minimum Gasteiger partial charge on any atom is -0.303 e. The van der Waals surface area contributed by atoms with E-state index in [2.05, 4.69) is 15.4 Å². The van der Waals surface area contributed by atoms with Gasteiger partial charge < -0.3 is 4.57 Å². The van der Waals surface area contributed by atoms with Crippen molar-refractivity contribution in [3.05, 3.63) is 59.5 Å². The molecule has 1 N–H and O–H groups in total. The number of hydrogen-bond acceptors (Lipinski definition) is 4. The Morgan fingerprint density at radius 2 is 1.84 bits per heavy atom. The lowest BCUT2D eigenvalue weighted by Crippen LogP contribution is -2.16. The van der Waals surface area contributed by atoms with E-state index in [0.29, 0.717) is 10.7 Å². The fourth-order valence-corrected chi connectivity index (χ4v) is 3.81. The molecule has 0 fully saturated rings. The number of aromatic nitrogens is 4. The van der Waals surface area contributed by atoms with Crippen molar-refractivity contribution >= 4 is 32.6 Å². The van der Waals surface area contributed by atoms with E-state index >= 15 is 0 Å². The van der Waals surface area contributed by atoms with Crippen molar-refractivity contribution in [2.45, 2.75) is 13.8 Å². The van der Waals surface area contributed by atoms with Gasteiger partial charge in [0.25, 0.3) is 5.91 Å². The van der Waals surface area contributed by atoms with Crippen LogP contribution in [0.15, 0.2) is 42.6 Å². The number of benzene rings is 1. The summed E-state index contributed by atoms with van der Waals surface area (Å²) in [6.07, 6.45) is 1.59. The molecule has 1 amide bonds. The standard InChI is InChI=1S/C18H17N5OS/c1-11-8-9-12(2)23(11)17-13(10-19-22(17)3)16(24)21-18-20-14-6-4-5-7-15(14)25-18/h4-10H,1-3H3,(H,20,21,24). The van der Waals surface area contributed by atoms with E-state index in [1.165, 1.54) is 11.3 Å². The molecule has 0 aliphatic rings. The molecule has 0 bridgehead atoms. The van der Waals surface area contributed by atoms with Gasteiger partial charge in [-0.1, -0.05) is 23.5 Å². The minimum absolute atomic E-state index is 0.213. The highest BCUT2D eigenvalue weighted by atomic mass is 32.1. The van der Waals surface area contributed by atoms with E-state index in [-0.39, 0.29) is 5.91 Å². The summed E-state index contributed by atoms with van der Waals surface area (Å²) in [6.45, 7) is 4.02. The van der Waals surface area contributed by atoms with Crippen LogP contribution in [0.25, 0.3) is 16.0 Å². The zero-order valence-electron chi connectivity index (χ0n) is 14.1. The Morgan fingerprint density at radius 1 is 1.12 bits per heavy atom. The molecule has 3 aromatic heterocycles. The predicted octanol–water partition coefficient (Wildman–Crippen LogP) is 3.69. The van der Waals surface area contributed by atoms with E-state index in [0.717, 1.165) is 27.4 Å². The molecule has 7 heteroatoms. The van der Waals surface area contributed by atoms with Crippen molar-refractivity contribution in [3.63, 3.8) is 0 Å². The summed E-state index contributed by atoms with van der Waals surface area (Å²) in [5.74, 6) is 0.535. The first-order valence-electron chi connectivity index (χ1n) is 7.89.